The molecule has 1 amide bonds. The molecular formula is C22H22ClN3O2. The lowest BCUT2D eigenvalue weighted by Crippen LogP contribution is -2.36. The monoisotopic (exact) mass is 395 g/mol. The van der Waals surface area contributed by atoms with E-state index in [-0.39, 0.29) is 18.0 Å². The number of amides is 1. The summed E-state index contributed by atoms with van der Waals surface area (Å²) in [4.78, 5) is 31.8. The number of likely N-dealkylation sites (N-methyl/N-ethyl adjacent to an activating group) is 1. The van der Waals surface area contributed by atoms with Crippen LogP contribution in [0.5, 0.6) is 0 Å². The molecule has 1 aromatic heterocycles. The number of aryl methyl sites for hydroxylation is 1. The van der Waals surface area contributed by atoms with E-state index in [1.54, 1.807) is 30.0 Å². The van der Waals surface area contributed by atoms with Gasteiger partial charge in [-0.1, -0.05) is 54.1 Å². The van der Waals surface area contributed by atoms with E-state index in [1.807, 2.05) is 43.3 Å². The van der Waals surface area contributed by atoms with Crippen molar-refractivity contribution in [3.63, 3.8) is 0 Å². The number of carbonyl (C=O) groups is 1. The molecule has 0 fully saturated rings. The van der Waals surface area contributed by atoms with E-state index in [4.69, 9.17) is 11.6 Å². The molecule has 0 aliphatic heterocycles. The first kappa shape index (κ1) is 19.8. The number of carbonyl (C=O) groups excluding carboxylic acids is 1. The molecule has 1 heterocycles. The third kappa shape index (κ3) is 4.67. The van der Waals surface area contributed by atoms with Gasteiger partial charge in [0.2, 0.25) is 5.91 Å². The van der Waals surface area contributed by atoms with Gasteiger partial charge in [-0.25, -0.2) is 4.98 Å². The normalized spacial score (nSPS) is 10.7. The van der Waals surface area contributed by atoms with E-state index < -0.39 is 0 Å². The van der Waals surface area contributed by atoms with Crippen LogP contribution in [0, 0.1) is 6.92 Å². The lowest BCUT2D eigenvalue weighted by Gasteiger charge is -2.22. The quantitative estimate of drug-likeness (QED) is 0.635. The summed E-state index contributed by atoms with van der Waals surface area (Å²) < 4.78 is 1.41. The molecule has 0 aliphatic carbocycles. The second kappa shape index (κ2) is 8.85. The summed E-state index contributed by atoms with van der Waals surface area (Å²) in [5, 5.41) is 0.547. The zero-order valence-electron chi connectivity index (χ0n) is 15.9. The van der Waals surface area contributed by atoms with Crippen molar-refractivity contribution in [2.45, 2.75) is 26.9 Å². The molecule has 0 atom stereocenters. The van der Waals surface area contributed by atoms with Crippen LogP contribution < -0.4 is 5.56 Å². The Kier molecular flexibility index (Phi) is 6.26. The molecule has 0 aliphatic rings. The summed E-state index contributed by atoms with van der Waals surface area (Å²) in [6, 6.07) is 18.4. The van der Waals surface area contributed by atoms with Crippen LogP contribution >= 0.6 is 11.6 Å². The van der Waals surface area contributed by atoms with Gasteiger partial charge in [0.1, 0.15) is 12.4 Å². The van der Waals surface area contributed by atoms with Gasteiger partial charge in [0.25, 0.3) is 5.56 Å². The maximum Gasteiger partial charge on any atom is 0.254 e. The lowest BCUT2D eigenvalue weighted by atomic mass is 10.2. The van der Waals surface area contributed by atoms with E-state index in [0.717, 1.165) is 5.56 Å². The van der Waals surface area contributed by atoms with E-state index in [2.05, 4.69) is 4.98 Å². The number of benzene rings is 2. The molecule has 0 spiro atoms. The van der Waals surface area contributed by atoms with Gasteiger partial charge in [-0.2, -0.15) is 0 Å². The minimum absolute atomic E-state index is 0.0748. The number of nitrogens with zero attached hydrogens (tertiary/aromatic N) is 3. The Hall–Kier alpha value is -2.92. The van der Waals surface area contributed by atoms with Crippen molar-refractivity contribution in [3.8, 4) is 11.4 Å². The predicted molar refractivity (Wildman–Crippen MR) is 111 cm³/mol. The van der Waals surface area contributed by atoms with Crippen molar-refractivity contribution in [2.24, 2.45) is 0 Å². The largest absolute Gasteiger partial charge is 0.337 e. The molecule has 0 N–H and O–H groups in total. The van der Waals surface area contributed by atoms with E-state index >= 15 is 0 Å². The molecule has 144 valence electrons. The highest BCUT2D eigenvalue weighted by Crippen LogP contribution is 2.20. The van der Waals surface area contributed by atoms with Gasteiger partial charge in [0, 0.05) is 35.4 Å². The molecule has 0 bridgehead atoms. The first-order chi connectivity index (χ1) is 13.5. The first-order valence-corrected chi connectivity index (χ1v) is 9.52. The van der Waals surface area contributed by atoms with Crippen LogP contribution in [0.3, 0.4) is 0 Å². The third-order valence-electron chi connectivity index (χ3n) is 4.46. The molecule has 28 heavy (non-hydrogen) atoms. The highest BCUT2D eigenvalue weighted by molar-refractivity contribution is 6.30. The minimum atomic E-state index is -0.258. The summed E-state index contributed by atoms with van der Waals surface area (Å²) in [6.07, 6.45) is 0. The molecule has 0 radical (unpaired) electrons. The fourth-order valence-electron chi connectivity index (χ4n) is 3.04. The van der Waals surface area contributed by atoms with Gasteiger partial charge < -0.3 is 4.90 Å². The first-order valence-electron chi connectivity index (χ1n) is 9.14. The van der Waals surface area contributed by atoms with E-state index in [9.17, 15) is 9.59 Å². The van der Waals surface area contributed by atoms with Crippen LogP contribution in [0.25, 0.3) is 11.4 Å². The van der Waals surface area contributed by atoms with Crippen LogP contribution in [0.2, 0.25) is 5.02 Å². The van der Waals surface area contributed by atoms with Crippen LogP contribution in [-0.2, 0) is 17.9 Å². The Balaban J connectivity index is 1.92. The van der Waals surface area contributed by atoms with Crippen LogP contribution in [-0.4, -0.2) is 26.9 Å². The van der Waals surface area contributed by atoms with Crippen molar-refractivity contribution in [3.05, 3.63) is 87.3 Å². The second-order valence-corrected chi connectivity index (χ2v) is 6.99. The summed E-state index contributed by atoms with van der Waals surface area (Å²) in [6.45, 7) is 4.66. The molecular weight excluding hydrogens is 374 g/mol. The van der Waals surface area contributed by atoms with Crippen molar-refractivity contribution >= 4 is 17.5 Å². The SMILES string of the molecule is CCN(Cc1ccccc1)C(=O)Cn1c(-c2cccc(Cl)c2)nc(C)cc1=O. The number of rotatable bonds is 6. The highest BCUT2D eigenvalue weighted by atomic mass is 35.5. The average molecular weight is 396 g/mol. The van der Waals surface area contributed by atoms with E-state index in [0.29, 0.717) is 35.2 Å². The zero-order chi connectivity index (χ0) is 20.1. The average Bonchev–Trinajstić information content (AvgIpc) is 2.68. The van der Waals surface area contributed by atoms with Crippen molar-refractivity contribution in [1.82, 2.24) is 14.5 Å². The maximum absolute atomic E-state index is 12.9. The Morgan fingerprint density at radius 1 is 1.11 bits per heavy atom. The van der Waals surface area contributed by atoms with Crippen molar-refractivity contribution in [1.29, 1.82) is 0 Å². The van der Waals surface area contributed by atoms with Crippen LogP contribution in [0.1, 0.15) is 18.2 Å². The number of hydrogen-bond donors (Lipinski definition) is 0. The third-order valence-corrected chi connectivity index (χ3v) is 4.70. The molecule has 0 saturated heterocycles. The summed E-state index contributed by atoms with van der Waals surface area (Å²) in [5.74, 6) is 0.305. The topological polar surface area (TPSA) is 55.2 Å². The zero-order valence-corrected chi connectivity index (χ0v) is 16.7. The Morgan fingerprint density at radius 3 is 2.54 bits per heavy atom. The van der Waals surface area contributed by atoms with E-state index in [1.165, 1.54) is 10.6 Å². The standard InChI is InChI=1S/C22H22ClN3O2/c1-3-25(14-17-8-5-4-6-9-17)21(28)15-26-20(27)12-16(2)24-22(26)18-10-7-11-19(23)13-18/h4-13H,3,14-15H2,1-2H3. The predicted octanol–water partition coefficient (Wildman–Crippen LogP) is 3.92. The fraction of sp³-hybridized carbons (Fsp3) is 0.227. The molecule has 5 nitrogen and oxygen atoms in total. The Morgan fingerprint density at radius 2 is 1.86 bits per heavy atom. The molecule has 0 saturated carbocycles. The maximum atomic E-state index is 12.9. The van der Waals surface area contributed by atoms with Crippen molar-refractivity contribution in [2.75, 3.05) is 6.54 Å². The van der Waals surface area contributed by atoms with Crippen molar-refractivity contribution < 1.29 is 4.79 Å². The van der Waals surface area contributed by atoms with Gasteiger partial charge in [0.05, 0.1) is 0 Å². The molecule has 3 rings (SSSR count). The molecule has 6 heteroatoms. The van der Waals surface area contributed by atoms with Crippen LogP contribution in [0.4, 0.5) is 0 Å². The molecule has 0 unspecified atom stereocenters. The van der Waals surface area contributed by atoms with Gasteiger partial charge in [-0.05, 0) is 31.5 Å². The molecule has 2 aromatic carbocycles. The summed E-state index contributed by atoms with van der Waals surface area (Å²) in [7, 11) is 0. The van der Waals surface area contributed by atoms with Gasteiger partial charge in [0.15, 0.2) is 0 Å². The van der Waals surface area contributed by atoms with Gasteiger partial charge in [-0.3, -0.25) is 14.2 Å². The lowest BCUT2D eigenvalue weighted by molar-refractivity contribution is -0.132. The number of aromatic nitrogens is 2. The van der Waals surface area contributed by atoms with Gasteiger partial charge >= 0.3 is 0 Å². The Labute approximate surface area is 169 Å². The number of hydrogen-bond acceptors (Lipinski definition) is 3. The highest BCUT2D eigenvalue weighted by Gasteiger charge is 2.17. The second-order valence-electron chi connectivity index (χ2n) is 6.55. The van der Waals surface area contributed by atoms with Crippen LogP contribution in [0.15, 0.2) is 65.5 Å². The molecule has 3 aromatic rings. The summed E-state index contributed by atoms with van der Waals surface area (Å²) in [5.41, 5.74) is 2.08. The van der Waals surface area contributed by atoms with Gasteiger partial charge in [-0.15, -0.1) is 0 Å². The summed E-state index contributed by atoms with van der Waals surface area (Å²) >= 11 is 6.11. The fourth-order valence-corrected chi connectivity index (χ4v) is 3.23. The minimum Gasteiger partial charge on any atom is -0.337 e. The Bertz CT molecular complexity index is 1030. The number of halogens is 1. The smallest absolute Gasteiger partial charge is 0.254 e.